The molecule has 104 valence electrons. The van der Waals surface area contributed by atoms with Gasteiger partial charge in [-0.1, -0.05) is 40.5 Å². The van der Waals surface area contributed by atoms with E-state index in [1.54, 1.807) is 0 Å². The predicted octanol–water partition coefficient (Wildman–Crippen LogP) is 2.58. The van der Waals surface area contributed by atoms with Crippen molar-refractivity contribution in [3.05, 3.63) is 34.3 Å². The minimum absolute atomic E-state index is 0.216. The van der Waals surface area contributed by atoms with Gasteiger partial charge in [-0.3, -0.25) is 4.79 Å². The number of rotatable bonds is 5. The fraction of sp³-hybridized carbons (Fsp3) is 0.533. The van der Waals surface area contributed by atoms with E-state index in [0.29, 0.717) is 6.54 Å². The predicted molar refractivity (Wildman–Crippen MR) is 80.8 cm³/mol. The van der Waals surface area contributed by atoms with E-state index in [0.717, 1.165) is 36.7 Å². The average Bonchev–Trinajstić information content (AvgIpc) is 2.36. The van der Waals surface area contributed by atoms with E-state index in [4.69, 9.17) is 5.73 Å². The fourth-order valence-electron chi connectivity index (χ4n) is 2.60. The van der Waals surface area contributed by atoms with Crippen molar-refractivity contribution >= 4 is 21.8 Å². The zero-order chi connectivity index (χ0) is 13.9. The largest absolute Gasteiger partial charge is 0.345 e. The summed E-state index contributed by atoms with van der Waals surface area (Å²) >= 11 is 3.54. The first-order valence-corrected chi connectivity index (χ1v) is 7.57. The van der Waals surface area contributed by atoms with Crippen LogP contribution < -0.4 is 5.73 Å². The van der Waals surface area contributed by atoms with E-state index in [9.17, 15) is 4.79 Å². The molecule has 0 unspecified atom stereocenters. The molecule has 1 amide bonds. The molecule has 1 aliphatic carbocycles. The maximum Gasteiger partial charge on any atom is 0.229 e. The Bertz CT molecular complexity index is 452. The van der Waals surface area contributed by atoms with E-state index in [1.807, 2.05) is 30.1 Å². The number of halogens is 1. The lowest BCUT2D eigenvalue weighted by Gasteiger charge is -2.41. The van der Waals surface area contributed by atoms with E-state index in [2.05, 4.69) is 22.0 Å². The zero-order valence-electron chi connectivity index (χ0n) is 11.4. The first-order valence-electron chi connectivity index (χ1n) is 6.78. The van der Waals surface area contributed by atoms with E-state index >= 15 is 0 Å². The summed E-state index contributed by atoms with van der Waals surface area (Å²) in [6.45, 7) is 1.22. The Kier molecular flexibility index (Phi) is 4.63. The van der Waals surface area contributed by atoms with Crippen LogP contribution in [0.3, 0.4) is 0 Å². The quantitative estimate of drug-likeness (QED) is 0.904. The third-order valence-corrected chi connectivity index (χ3v) is 4.95. The van der Waals surface area contributed by atoms with Crippen LogP contribution in [0, 0.1) is 5.41 Å². The van der Waals surface area contributed by atoms with Crippen LogP contribution in [-0.2, 0) is 11.2 Å². The Labute approximate surface area is 123 Å². The smallest absolute Gasteiger partial charge is 0.229 e. The van der Waals surface area contributed by atoms with Crippen LogP contribution >= 0.6 is 15.9 Å². The maximum absolute atomic E-state index is 12.4. The van der Waals surface area contributed by atoms with Crippen LogP contribution in [0.25, 0.3) is 0 Å². The molecule has 0 aliphatic heterocycles. The summed E-state index contributed by atoms with van der Waals surface area (Å²) < 4.78 is 1.10. The maximum atomic E-state index is 12.4. The van der Waals surface area contributed by atoms with Crippen molar-refractivity contribution in [1.29, 1.82) is 0 Å². The first-order chi connectivity index (χ1) is 9.09. The number of carbonyl (C=O) groups excluding carboxylic acids is 1. The van der Waals surface area contributed by atoms with Crippen LogP contribution in [0.5, 0.6) is 0 Å². The van der Waals surface area contributed by atoms with Crippen molar-refractivity contribution in [2.24, 2.45) is 11.1 Å². The third kappa shape index (κ3) is 3.00. The van der Waals surface area contributed by atoms with Gasteiger partial charge in [-0.2, -0.15) is 0 Å². The number of nitrogens with two attached hydrogens (primary N) is 1. The molecule has 1 aliphatic rings. The lowest BCUT2D eigenvalue weighted by molar-refractivity contribution is -0.145. The highest BCUT2D eigenvalue weighted by Crippen LogP contribution is 2.41. The zero-order valence-corrected chi connectivity index (χ0v) is 12.9. The second kappa shape index (κ2) is 6.06. The van der Waals surface area contributed by atoms with Gasteiger partial charge in [-0.25, -0.2) is 0 Å². The number of carbonyl (C=O) groups is 1. The molecule has 1 aromatic carbocycles. The molecule has 2 N–H and O–H groups in total. The third-order valence-electron chi connectivity index (χ3n) is 4.18. The van der Waals surface area contributed by atoms with Crippen LogP contribution in [0.4, 0.5) is 0 Å². The van der Waals surface area contributed by atoms with E-state index in [-0.39, 0.29) is 11.3 Å². The Morgan fingerprint density at radius 2 is 2.11 bits per heavy atom. The van der Waals surface area contributed by atoms with Gasteiger partial charge in [0.1, 0.15) is 0 Å². The molecule has 1 fully saturated rings. The molecule has 0 bridgehead atoms. The highest BCUT2D eigenvalue weighted by Gasteiger charge is 2.44. The minimum atomic E-state index is -0.261. The molecular weight excluding hydrogens is 304 g/mol. The fourth-order valence-corrected chi connectivity index (χ4v) is 3.09. The van der Waals surface area contributed by atoms with Gasteiger partial charge in [0.25, 0.3) is 0 Å². The molecule has 0 atom stereocenters. The van der Waals surface area contributed by atoms with Gasteiger partial charge in [0, 0.05) is 24.6 Å². The lowest BCUT2D eigenvalue weighted by atomic mass is 9.68. The number of amides is 1. The van der Waals surface area contributed by atoms with Gasteiger partial charge in [0.2, 0.25) is 5.91 Å². The Morgan fingerprint density at radius 1 is 1.42 bits per heavy atom. The Balaban J connectivity index is 1.93. The summed E-state index contributed by atoms with van der Waals surface area (Å²) in [6, 6.07) is 8.14. The van der Waals surface area contributed by atoms with Crippen LogP contribution in [0.15, 0.2) is 28.7 Å². The molecule has 1 aromatic rings. The number of likely N-dealkylation sites (N-methyl/N-ethyl adjacent to an activating group) is 1. The molecule has 0 heterocycles. The van der Waals surface area contributed by atoms with Gasteiger partial charge in [-0.15, -0.1) is 0 Å². The molecule has 2 rings (SSSR count). The van der Waals surface area contributed by atoms with Crippen molar-refractivity contribution in [2.75, 3.05) is 20.1 Å². The van der Waals surface area contributed by atoms with Crippen molar-refractivity contribution in [3.8, 4) is 0 Å². The average molecular weight is 325 g/mol. The SMILES string of the molecule is CN(CCc1ccccc1Br)C(=O)C1(CN)CCC1. The molecular formula is C15H21BrN2O. The van der Waals surface area contributed by atoms with Crippen LogP contribution in [0.1, 0.15) is 24.8 Å². The standard InChI is InChI=1S/C15H21BrN2O/c1-18(14(19)15(11-17)8-4-9-15)10-7-12-5-2-3-6-13(12)16/h2-3,5-6H,4,7-11,17H2,1H3. The van der Waals surface area contributed by atoms with Crippen LogP contribution in [0.2, 0.25) is 0 Å². The molecule has 0 aromatic heterocycles. The second-order valence-corrected chi connectivity index (χ2v) is 6.26. The normalized spacial score (nSPS) is 16.8. The van der Waals surface area contributed by atoms with Crippen molar-refractivity contribution in [3.63, 3.8) is 0 Å². The minimum Gasteiger partial charge on any atom is -0.345 e. The van der Waals surface area contributed by atoms with Crippen molar-refractivity contribution in [1.82, 2.24) is 4.90 Å². The highest BCUT2D eigenvalue weighted by molar-refractivity contribution is 9.10. The number of benzene rings is 1. The lowest BCUT2D eigenvalue weighted by Crippen LogP contribution is -2.51. The van der Waals surface area contributed by atoms with Crippen molar-refractivity contribution < 1.29 is 4.79 Å². The van der Waals surface area contributed by atoms with Gasteiger partial charge < -0.3 is 10.6 Å². The van der Waals surface area contributed by atoms with Gasteiger partial charge >= 0.3 is 0 Å². The Hall–Kier alpha value is -0.870. The van der Waals surface area contributed by atoms with E-state index < -0.39 is 0 Å². The number of hydrogen-bond donors (Lipinski definition) is 1. The number of nitrogens with zero attached hydrogens (tertiary/aromatic N) is 1. The second-order valence-electron chi connectivity index (χ2n) is 5.41. The summed E-state index contributed by atoms with van der Waals surface area (Å²) in [7, 11) is 1.88. The number of hydrogen-bond acceptors (Lipinski definition) is 2. The summed E-state index contributed by atoms with van der Waals surface area (Å²) in [5.41, 5.74) is 6.76. The molecule has 0 radical (unpaired) electrons. The molecule has 4 heteroatoms. The first kappa shape index (κ1) is 14.5. The van der Waals surface area contributed by atoms with Crippen molar-refractivity contribution in [2.45, 2.75) is 25.7 Å². The van der Waals surface area contributed by atoms with Gasteiger partial charge in [-0.05, 0) is 30.9 Å². The van der Waals surface area contributed by atoms with Gasteiger partial charge in [0.05, 0.1) is 5.41 Å². The highest BCUT2D eigenvalue weighted by atomic mass is 79.9. The van der Waals surface area contributed by atoms with Gasteiger partial charge in [0.15, 0.2) is 0 Å². The monoisotopic (exact) mass is 324 g/mol. The summed E-state index contributed by atoms with van der Waals surface area (Å²) in [5, 5.41) is 0. The summed E-state index contributed by atoms with van der Waals surface area (Å²) in [5.74, 6) is 0.216. The van der Waals surface area contributed by atoms with E-state index in [1.165, 1.54) is 5.56 Å². The van der Waals surface area contributed by atoms with Crippen LogP contribution in [-0.4, -0.2) is 30.9 Å². The topological polar surface area (TPSA) is 46.3 Å². The molecule has 3 nitrogen and oxygen atoms in total. The molecule has 19 heavy (non-hydrogen) atoms. The molecule has 0 spiro atoms. The Morgan fingerprint density at radius 3 is 2.63 bits per heavy atom. The molecule has 0 saturated heterocycles. The summed E-state index contributed by atoms with van der Waals surface area (Å²) in [6.07, 6.45) is 3.88. The summed E-state index contributed by atoms with van der Waals surface area (Å²) in [4.78, 5) is 14.3. The molecule has 1 saturated carbocycles.